The highest BCUT2D eigenvalue weighted by Gasteiger charge is 2.25. The van der Waals surface area contributed by atoms with E-state index < -0.39 is 35.5 Å². The standard InChI is InChI=1S/C13H24N2O5/c1-8(12(18)20-13(2,3)4)15-11(17)9(14)6-7-10(16)19-5/h8-9H,6-7,14H2,1-5H3,(H,15,17)/t8-,9?/m0/s1. The van der Waals surface area contributed by atoms with Gasteiger partial charge in [-0.15, -0.1) is 0 Å². The molecule has 0 heterocycles. The summed E-state index contributed by atoms with van der Waals surface area (Å²) in [6.07, 6.45) is 0.200. The minimum absolute atomic E-state index is 0.0475. The summed E-state index contributed by atoms with van der Waals surface area (Å²) in [6, 6.07) is -1.68. The predicted molar refractivity (Wildman–Crippen MR) is 72.7 cm³/mol. The lowest BCUT2D eigenvalue weighted by atomic mass is 10.1. The van der Waals surface area contributed by atoms with Gasteiger partial charge in [-0.25, -0.2) is 4.79 Å². The molecule has 0 aliphatic heterocycles. The molecular formula is C13H24N2O5. The summed E-state index contributed by atoms with van der Waals surface area (Å²) in [4.78, 5) is 34.3. The number of hydrogen-bond donors (Lipinski definition) is 2. The molecule has 0 aromatic heterocycles. The first-order valence-corrected chi connectivity index (χ1v) is 6.42. The Morgan fingerprint density at radius 3 is 2.25 bits per heavy atom. The fourth-order valence-corrected chi connectivity index (χ4v) is 1.28. The van der Waals surface area contributed by atoms with Gasteiger partial charge in [-0.3, -0.25) is 9.59 Å². The van der Waals surface area contributed by atoms with Gasteiger partial charge in [0, 0.05) is 6.42 Å². The Morgan fingerprint density at radius 1 is 1.25 bits per heavy atom. The number of nitrogens with two attached hydrogens (primary N) is 1. The van der Waals surface area contributed by atoms with Gasteiger partial charge in [-0.05, 0) is 34.1 Å². The molecule has 0 rings (SSSR count). The van der Waals surface area contributed by atoms with Crippen molar-refractivity contribution >= 4 is 17.8 Å². The molecule has 0 spiro atoms. The molecule has 3 N–H and O–H groups in total. The second-order valence-corrected chi connectivity index (χ2v) is 5.49. The molecule has 0 aliphatic carbocycles. The summed E-state index contributed by atoms with van der Waals surface area (Å²) in [5.74, 6) is -1.48. The third kappa shape index (κ3) is 7.73. The topological polar surface area (TPSA) is 108 Å². The minimum Gasteiger partial charge on any atom is -0.469 e. The quantitative estimate of drug-likeness (QED) is 0.672. The van der Waals surface area contributed by atoms with Crippen LogP contribution in [-0.4, -0.2) is 42.6 Å². The zero-order chi connectivity index (χ0) is 15.9. The number of nitrogens with one attached hydrogen (secondary N) is 1. The van der Waals surface area contributed by atoms with Crippen molar-refractivity contribution in [3.05, 3.63) is 0 Å². The van der Waals surface area contributed by atoms with Gasteiger partial charge in [-0.1, -0.05) is 0 Å². The molecule has 116 valence electrons. The Morgan fingerprint density at radius 2 is 1.80 bits per heavy atom. The zero-order valence-electron chi connectivity index (χ0n) is 12.7. The molecule has 0 fully saturated rings. The first-order chi connectivity index (χ1) is 9.06. The molecule has 0 aliphatic rings. The minimum atomic E-state index is -0.876. The van der Waals surface area contributed by atoms with Crippen molar-refractivity contribution in [1.82, 2.24) is 5.32 Å². The van der Waals surface area contributed by atoms with Crippen molar-refractivity contribution in [3.63, 3.8) is 0 Å². The summed E-state index contributed by atoms with van der Waals surface area (Å²) in [5.41, 5.74) is 5.00. The second-order valence-electron chi connectivity index (χ2n) is 5.49. The van der Waals surface area contributed by atoms with E-state index in [0.29, 0.717) is 0 Å². The predicted octanol–water partition coefficient (Wildman–Crippen LogP) is 0.113. The smallest absolute Gasteiger partial charge is 0.328 e. The third-order valence-corrected chi connectivity index (χ3v) is 2.34. The Balaban J connectivity index is 4.24. The summed E-state index contributed by atoms with van der Waals surface area (Å²) in [6.45, 7) is 6.73. The van der Waals surface area contributed by atoms with Crippen molar-refractivity contribution in [1.29, 1.82) is 0 Å². The molecule has 0 aromatic carbocycles. The Kier molecular flexibility index (Phi) is 7.20. The van der Waals surface area contributed by atoms with Gasteiger partial charge in [0.25, 0.3) is 0 Å². The van der Waals surface area contributed by atoms with Crippen LogP contribution in [0.3, 0.4) is 0 Å². The average molecular weight is 288 g/mol. The van der Waals surface area contributed by atoms with E-state index in [4.69, 9.17) is 10.5 Å². The number of amides is 1. The molecule has 0 saturated heterocycles. The number of methoxy groups -OCH3 is 1. The second kappa shape index (κ2) is 7.84. The lowest BCUT2D eigenvalue weighted by Crippen LogP contribution is -2.48. The molecule has 1 unspecified atom stereocenters. The first-order valence-electron chi connectivity index (χ1n) is 6.42. The van der Waals surface area contributed by atoms with Crippen LogP contribution in [0.25, 0.3) is 0 Å². The van der Waals surface area contributed by atoms with E-state index in [0.717, 1.165) is 0 Å². The van der Waals surface area contributed by atoms with Crippen LogP contribution in [0.1, 0.15) is 40.5 Å². The molecule has 1 amide bonds. The van der Waals surface area contributed by atoms with Gasteiger partial charge in [0.2, 0.25) is 5.91 Å². The molecular weight excluding hydrogens is 264 g/mol. The lowest BCUT2D eigenvalue weighted by Gasteiger charge is -2.23. The summed E-state index contributed by atoms with van der Waals surface area (Å²) < 4.78 is 9.58. The van der Waals surface area contributed by atoms with Gasteiger partial charge < -0.3 is 20.5 Å². The monoisotopic (exact) mass is 288 g/mol. The highest BCUT2D eigenvalue weighted by molar-refractivity contribution is 5.87. The number of esters is 2. The maximum atomic E-state index is 11.7. The fourth-order valence-electron chi connectivity index (χ4n) is 1.28. The molecule has 0 radical (unpaired) electrons. The van der Waals surface area contributed by atoms with Crippen molar-refractivity contribution in [2.24, 2.45) is 5.73 Å². The molecule has 2 atom stereocenters. The molecule has 0 saturated carbocycles. The van der Waals surface area contributed by atoms with Gasteiger partial charge in [-0.2, -0.15) is 0 Å². The molecule has 7 heteroatoms. The number of rotatable bonds is 6. The van der Waals surface area contributed by atoms with Crippen molar-refractivity contribution < 1.29 is 23.9 Å². The van der Waals surface area contributed by atoms with Crippen LogP contribution in [0.15, 0.2) is 0 Å². The fraction of sp³-hybridized carbons (Fsp3) is 0.769. The van der Waals surface area contributed by atoms with Crippen LogP contribution in [0.4, 0.5) is 0 Å². The van der Waals surface area contributed by atoms with E-state index in [1.165, 1.54) is 14.0 Å². The van der Waals surface area contributed by atoms with Crippen LogP contribution >= 0.6 is 0 Å². The Labute approximate surface area is 119 Å². The van der Waals surface area contributed by atoms with Crippen LogP contribution in [-0.2, 0) is 23.9 Å². The molecule has 7 nitrogen and oxygen atoms in total. The van der Waals surface area contributed by atoms with Crippen LogP contribution in [0.5, 0.6) is 0 Å². The lowest BCUT2D eigenvalue weighted by molar-refractivity contribution is -0.158. The van der Waals surface area contributed by atoms with Gasteiger partial charge in [0.1, 0.15) is 11.6 Å². The van der Waals surface area contributed by atoms with Gasteiger partial charge in [0.15, 0.2) is 0 Å². The average Bonchev–Trinajstić information content (AvgIpc) is 2.32. The third-order valence-electron chi connectivity index (χ3n) is 2.34. The maximum Gasteiger partial charge on any atom is 0.328 e. The normalized spacial score (nSPS) is 14.1. The Bertz CT molecular complexity index is 362. The zero-order valence-corrected chi connectivity index (χ0v) is 12.7. The van der Waals surface area contributed by atoms with E-state index >= 15 is 0 Å². The van der Waals surface area contributed by atoms with E-state index in [1.54, 1.807) is 20.8 Å². The first kappa shape index (κ1) is 18.4. The van der Waals surface area contributed by atoms with Gasteiger partial charge in [0.05, 0.1) is 13.2 Å². The highest BCUT2D eigenvalue weighted by Crippen LogP contribution is 2.08. The maximum absolute atomic E-state index is 11.7. The Hall–Kier alpha value is -1.63. The van der Waals surface area contributed by atoms with E-state index in [-0.39, 0.29) is 12.8 Å². The van der Waals surface area contributed by atoms with E-state index in [9.17, 15) is 14.4 Å². The van der Waals surface area contributed by atoms with Gasteiger partial charge >= 0.3 is 11.9 Å². The molecule has 20 heavy (non-hydrogen) atoms. The summed E-state index contributed by atoms with van der Waals surface area (Å²) in [5, 5.41) is 2.45. The van der Waals surface area contributed by atoms with E-state index in [2.05, 4.69) is 10.1 Å². The van der Waals surface area contributed by atoms with E-state index in [1.807, 2.05) is 0 Å². The SMILES string of the molecule is COC(=O)CCC(N)C(=O)N[C@@H](C)C(=O)OC(C)(C)C. The number of carbonyl (C=O) groups is 3. The van der Waals surface area contributed by atoms with Crippen molar-refractivity contribution in [2.75, 3.05) is 7.11 Å². The van der Waals surface area contributed by atoms with Crippen molar-refractivity contribution in [2.45, 2.75) is 58.2 Å². The number of hydrogen-bond acceptors (Lipinski definition) is 6. The van der Waals surface area contributed by atoms with Crippen LogP contribution in [0.2, 0.25) is 0 Å². The molecule has 0 bridgehead atoms. The number of carbonyl (C=O) groups excluding carboxylic acids is 3. The van der Waals surface area contributed by atoms with Crippen LogP contribution < -0.4 is 11.1 Å². The molecule has 0 aromatic rings. The largest absolute Gasteiger partial charge is 0.469 e. The summed E-state index contributed by atoms with van der Waals surface area (Å²) in [7, 11) is 1.26. The highest BCUT2D eigenvalue weighted by atomic mass is 16.6. The summed E-state index contributed by atoms with van der Waals surface area (Å²) >= 11 is 0. The van der Waals surface area contributed by atoms with Crippen molar-refractivity contribution in [3.8, 4) is 0 Å². The number of ether oxygens (including phenoxy) is 2. The van der Waals surface area contributed by atoms with Crippen LogP contribution in [0, 0.1) is 0 Å².